The molecular weight excluding hydrogens is 240 g/mol. The van der Waals surface area contributed by atoms with Crippen molar-refractivity contribution < 1.29 is 4.74 Å². The predicted octanol–water partition coefficient (Wildman–Crippen LogP) is 1.82. The average molecular weight is 258 g/mol. The summed E-state index contributed by atoms with van der Waals surface area (Å²) in [4.78, 5) is 4.19. The summed E-state index contributed by atoms with van der Waals surface area (Å²) < 4.78 is 7.63. The Morgan fingerprint density at radius 2 is 2.37 bits per heavy atom. The molecule has 1 aliphatic carbocycles. The number of nitrogens with zero attached hydrogens (tertiary/aromatic N) is 3. The minimum Gasteiger partial charge on any atom is -0.486 e. The van der Waals surface area contributed by atoms with E-state index in [1.165, 1.54) is 11.1 Å². The van der Waals surface area contributed by atoms with Crippen molar-refractivity contribution in [3.63, 3.8) is 0 Å². The molecule has 1 aromatic heterocycles. The molecule has 1 aromatic carbocycles. The molecule has 2 N–H and O–H groups in total. The van der Waals surface area contributed by atoms with Gasteiger partial charge in [-0.1, -0.05) is 6.07 Å². The van der Waals surface area contributed by atoms with Gasteiger partial charge in [0.05, 0.1) is 0 Å². The third-order valence-electron chi connectivity index (χ3n) is 3.60. The lowest BCUT2D eigenvalue weighted by atomic mass is 10.1. The van der Waals surface area contributed by atoms with E-state index in [1.54, 1.807) is 6.33 Å². The molecule has 0 aliphatic heterocycles. The van der Waals surface area contributed by atoms with Crippen molar-refractivity contribution in [2.24, 2.45) is 5.73 Å². The number of hydrogen-bond acceptors (Lipinski definition) is 4. The van der Waals surface area contributed by atoms with E-state index in [0.717, 1.165) is 31.0 Å². The van der Waals surface area contributed by atoms with E-state index >= 15 is 0 Å². The minimum absolute atomic E-state index is 0.187. The van der Waals surface area contributed by atoms with Crippen LogP contribution >= 0.6 is 0 Å². The molecule has 0 radical (unpaired) electrons. The lowest BCUT2D eigenvalue weighted by Crippen LogP contribution is -2.07. The number of ether oxygens (including phenoxy) is 1. The summed E-state index contributed by atoms with van der Waals surface area (Å²) in [6.45, 7) is 3.28. The van der Waals surface area contributed by atoms with Crippen LogP contribution in [0, 0.1) is 0 Å². The average Bonchev–Trinajstić information content (AvgIpc) is 3.03. The Balaban J connectivity index is 1.71. The Kier molecular flexibility index (Phi) is 3.21. The van der Waals surface area contributed by atoms with E-state index in [4.69, 9.17) is 10.5 Å². The zero-order chi connectivity index (χ0) is 13.2. The number of aryl methyl sites for hydroxylation is 2. The summed E-state index contributed by atoms with van der Waals surface area (Å²) in [6.07, 6.45) is 3.63. The molecule has 5 nitrogen and oxygen atoms in total. The van der Waals surface area contributed by atoms with Crippen molar-refractivity contribution in [3.8, 4) is 5.75 Å². The van der Waals surface area contributed by atoms with Crippen molar-refractivity contribution in [2.45, 2.75) is 39.0 Å². The molecule has 1 atom stereocenters. The van der Waals surface area contributed by atoms with Crippen molar-refractivity contribution in [2.75, 3.05) is 0 Å². The summed E-state index contributed by atoms with van der Waals surface area (Å²) in [6, 6.07) is 6.34. The maximum Gasteiger partial charge on any atom is 0.164 e. The van der Waals surface area contributed by atoms with E-state index in [2.05, 4.69) is 22.2 Å². The molecule has 0 saturated carbocycles. The van der Waals surface area contributed by atoms with Crippen LogP contribution in [0.15, 0.2) is 24.5 Å². The van der Waals surface area contributed by atoms with Crippen LogP contribution in [-0.4, -0.2) is 14.8 Å². The highest BCUT2D eigenvalue weighted by Crippen LogP contribution is 2.31. The van der Waals surface area contributed by atoms with Crippen LogP contribution < -0.4 is 10.5 Å². The first-order chi connectivity index (χ1) is 9.28. The fourth-order valence-electron chi connectivity index (χ4n) is 2.53. The normalized spacial score (nSPS) is 17.5. The second-order valence-electron chi connectivity index (χ2n) is 4.79. The van der Waals surface area contributed by atoms with Crippen LogP contribution in [0.3, 0.4) is 0 Å². The van der Waals surface area contributed by atoms with Gasteiger partial charge in [0, 0.05) is 12.6 Å². The van der Waals surface area contributed by atoms with Gasteiger partial charge in [-0.15, -0.1) is 0 Å². The van der Waals surface area contributed by atoms with Crippen LogP contribution in [0.5, 0.6) is 5.75 Å². The molecule has 19 heavy (non-hydrogen) atoms. The summed E-state index contributed by atoms with van der Waals surface area (Å²) in [7, 11) is 0. The molecule has 0 bridgehead atoms. The van der Waals surface area contributed by atoms with E-state index in [-0.39, 0.29) is 6.04 Å². The second kappa shape index (κ2) is 5.01. The molecule has 0 unspecified atom stereocenters. The predicted molar refractivity (Wildman–Crippen MR) is 71.7 cm³/mol. The number of fused-ring (bicyclic) bond motifs is 1. The third kappa shape index (κ3) is 2.33. The molecule has 2 aromatic rings. The Bertz CT molecular complexity index is 579. The van der Waals surface area contributed by atoms with Gasteiger partial charge in [0.15, 0.2) is 5.82 Å². The highest BCUT2D eigenvalue weighted by molar-refractivity contribution is 5.40. The smallest absolute Gasteiger partial charge is 0.164 e. The number of hydrogen-bond donors (Lipinski definition) is 1. The van der Waals surface area contributed by atoms with Crippen LogP contribution in [0.4, 0.5) is 0 Å². The summed E-state index contributed by atoms with van der Waals surface area (Å²) >= 11 is 0. The summed E-state index contributed by atoms with van der Waals surface area (Å²) in [5, 5.41) is 4.12. The summed E-state index contributed by atoms with van der Waals surface area (Å²) in [5.74, 6) is 1.72. The van der Waals surface area contributed by atoms with Crippen molar-refractivity contribution in [3.05, 3.63) is 41.5 Å². The first kappa shape index (κ1) is 12.2. The number of rotatable bonds is 4. The lowest BCUT2D eigenvalue weighted by Gasteiger charge is -2.09. The molecule has 100 valence electrons. The van der Waals surface area contributed by atoms with Crippen LogP contribution in [-0.2, 0) is 19.6 Å². The molecule has 0 spiro atoms. The molecule has 0 amide bonds. The quantitative estimate of drug-likeness (QED) is 0.908. The fourth-order valence-corrected chi connectivity index (χ4v) is 2.53. The van der Waals surface area contributed by atoms with Gasteiger partial charge in [-0.3, -0.25) is 0 Å². The zero-order valence-electron chi connectivity index (χ0n) is 11.0. The van der Waals surface area contributed by atoms with E-state index < -0.39 is 0 Å². The van der Waals surface area contributed by atoms with Crippen LogP contribution in [0.2, 0.25) is 0 Å². The molecule has 1 aliphatic rings. The zero-order valence-corrected chi connectivity index (χ0v) is 11.0. The van der Waals surface area contributed by atoms with Crippen LogP contribution in [0.1, 0.15) is 36.3 Å². The number of aromatic nitrogens is 3. The molecule has 1 heterocycles. The fraction of sp³-hybridized carbons (Fsp3) is 0.429. The van der Waals surface area contributed by atoms with Gasteiger partial charge in [-0.05, 0) is 43.0 Å². The van der Waals surface area contributed by atoms with Gasteiger partial charge in [0.2, 0.25) is 0 Å². The maximum atomic E-state index is 6.02. The number of benzene rings is 1. The number of nitrogens with two attached hydrogens (primary N) is 1. The van der Waals surface area contributed by atoms with E-state index in [0.29, 0.717) is 6.61 Å². The third-order valence-corrected chi connectivity index (χ3v) is 3.60. The first-order valence-electron chi connectivity index (χ1n) is 6.66. The monoisotopic (exact) mass is 258 g/mol. The topological polar surface area (TPSA) is 66.0 Å². The highest BCUT2D eigenvalue weighted by Gasteiger charge is 2.19. The van der Waals surface area contributed by atoms with E-state index in [9.17, 15) is 0 Å². The van der Waals surface area contributed by atoms with Gasteiger partial charge in [-0.2, -0.15) is 5.10 Å². The summed E-state index contributed by atoms with van der Waals surface area (Å²) in [5.41, 5.74) is 8.58. The standard InChI is InChI=1S/C14H18N4O/c1-2-18-14(16-9-17-18)8-19-11-4-5-12-10(7-11)3-6-13(12)15/h4-5,7,9,13H,2-3,6,8,15H2,1H3/t13-/m1/s1. The maximum absolute atomic E-state index is 6.02. The minimum atomic E-state index is 0.187. The molecule has 0 fully saturated rings. The van der Waals surface area contributed by atoms with Gasteiger partial charge >= 0.3 is 0 Å². The van der Waals surface area contributed by atoms with Gasteiger partial charge < -0.3 is 10.5 Å². The van der Waals surface area contributed by atoms with Crippen molar-refractivity contribution >= 4 is 0 Å². The SMILES string of the molecule is CCn1ncnc1COc1ccc2c(c1)CC[C@H]2N. The largest absolute Gasteiger partial charge is 0.486 e. The first-order valence-corrected chi connectivity index (χ1v) is 6.66. The van der Waals surface area contributed by atoms with Gasteiger partial charge in [-0.25, -0.2) is 9.67 Å². The van der Waals surface area contributed by atoms with Crippen molar-refractivity contribution in [1.82, 2.24) is 14.8 Å². The second-order valence-corrected chi connectivity index (χ2v) is 4.79. The molecule has 5 heteroatoms. The van der Waals surface area contributed by atoms with Gasteiger partial charge in [0.1, 0.15) is 18.7 Å². The van der Waals surface area contributed by atoms with Crippen LogP contribution in [0.25, 0.3) is 0 Å². The van der Waals surface area contributed by atoms with Crippen molar-refractivity contribution in [1.29, 1.82) is 0 Å². The van der Waals surface area contributed by atoms with Gasteiger partial charge in [0.25, 0.3) is 0 Å². The van der Waals surface area contributed by atoms with E-state index in [1.807, 2.05) is 17.7 Å². The Hall–Kier alpha value is -1.88. The molecule has 0 saturated heterocycles. The highest BCUT2D eigenvalue weighted by atomic mass is 16.5. The molecular formula is C14H18N4O. The Labute approximate surface area is 112 Å². The molecule has 3 rings (SSSR count). The Morgan fingerprint density at radius 1 is 1.47 bits per heavy atom. The Morgan fingerprint density at radius 3 is 3.21 bits per heavy atom. The lowest BCUT2D eigenvalue weighted by molar-refractivity contribution is 0.287.